The predicted molar refractivity (Wildman–Crippen MR) is 146 cm³/mol. The summed E-state index contributed by atoms with van der Waals surface area (Å²) >= 11 is 1.39. The smallest absolute Gasteiger partial charge is 0.224 e. The molecule has 0 aliphatic carbocycles. The van der Waals surface area contributed by atoms with Crippen molar-refractivity contribution in [1.82, 2.24) is 19.2 Å². The van der Waals surface area contributed by atoms with Gasteiger partial charge in [0.2, 0.25) is 11.0 Å². The number of anilines is 1. The van der Waals surface area contributed by atoms with Crippen molar-refractivity contribution in [2.45, 2.75) is 12.8 Å². The zero-order valence-electron chi connectivity index (χ0n) is 21.0. The number of ether oxygens (including phenoxy) is 1. The number of benzene rings is 2. The number of rotatable bonds is 12. The fraction of sp³-hybridized carbons (Fsp3) is 0.393. The summed E-state index contributed by atoms with van der Waals surface area (Å²) in [6.45, 7) is 6.13. The molecule has 8 heteroatoms. The largest absolute Gasteiger partial charge is 0.383 e. The lowest BCUT2D eigenvalue weighted by molar-refractivity contribution is -0.132. The van der Waals surface area contributed by atoms with E-state index in [0.717, 1.165) is 43.7 Å². The van der Waals surface area contributed by atoms with Crippen LogP contribution in [0.5, 0.6) is 0 Å². The number of amides is 1. The van der Waals surface area contributed by atoms with E-state index in [1.54, 1.807) is 7.11 Å². The molecule has 190 valence electrons. The molecule has 0 unspecified atom stereocenters. The van der Waals surface area contributed by atoms with Gasteiger partial charge in [-0.05, 0) is 11.1 Å². The molecule has 0 saturated carbocycles. The van der Waals surface area contributed by atoms with Gasteiger partial charge in [-0.25, -0.2) is 4.98 Å². The van der Waals surface area contributed by atoms with Crippen molar-refractivity contribution in [3.8, 4) is 0 Å². The van der Waals surface area contributed by atoms with Crippen molar-refractivity contribution in [2.24, 2.45) is 0 Å². The van der Waals surface area contributed by atoms with E-state index in [0.29, 0.717) is 32.5 Å². The Morgan fingerprint density at radius 3 is 2.47 bits per heavy atom. The van der Waals surface area contributed by atoms with E-state index in [-0.39, 0.29) is 5.91 Å². The van der Waals surface area contributed by atoms with E-state index in [1.807, 2.05) is 29.2 Å². The molecule has 0 bridgehead atoms. The van der Waals surface area contributed by atoms with E-state index in [1.165, 1.54) is 22.7 Å². The topological polar surface area (TPSA) is 61.8 Å². The maximum absolute atomic E-state index is 13.0. The van der Waals surface area contributed by atoms with Crippen LogP contribution in [0.1, 0.15) is 23.4 Å². The molecule has 1 aliphatic rings. The number of piperazine rings is 1. The number of hydrogen-bond donors (Lipinski definition) is 0. The van der Waals surface area contributed by atoms with Gasteiger partial charge in [-0.3, -0.25) is 9.69 Å². The summed E-state index contributed by atoms with van der Waals surface area (Å²) in [6, 6.07) is 20.6. The highest BCUT2D eigenvalue weighted by atomic mass is 32.1. The molecule has 1 amide bonds. The summed E-state index contributed by atoms with van der Waals surface area (Å²) in [7, 11) is 1.69. The van der Waals surface area contributed by atoms with Gasteiger partial charge in [0.25, 0.3) is 0 Å². The highest BCUT2D eigenvalue weighted by Crippen LogP contribution is 2.20. The zero-order chi connectivity index (χ0) is 25.0. The van der Waals surface area contributed by atoms with Crippen LogP contribution < -0.4 is 4.90 Å². The van der Waals surface area contributed by atoms with Crippen LogP contribution in [0.25, 0.3) is 6.08 Å². The van der Waals surface area contributed by atoms with Gasteiger partial charge in [-0.15, -0.1) is 0 Å². The molecule has 1 fully saturated rings. The maximum Gasteiger partial charge on any atom is 0.224 e. The molecular weight excluding hydrogens is 470 g/mol. The summed E-state index contributed by atoms with van der Waals surface area (Å²) in [6.07, 6.45) is 5.53. The lowest BCUT2D eigenvalue weighted by atomic mass is 10.1. The quantitative estimate of drug-likeness (QED) is 0.373. The molecule has 1 saturated heterocycles. The first kappa shape index (κ1) is 26.0. The van der Waals surface area contributed by atoms with Crippen molar-refractivity contribution >= 4 is 28.6 Å². The van der Waals surface area contributed by atoms with Crippen molar-refractivity contribution in [3.05, 3.63) is 83.7 Å². The van der Waals surface area contributed by atoms with Gasteiger partial charge < -0.3 is 14.5 Å². The van der Waals surface area contributed by atoms with E-state index in [2.05, 4.69) is 62.7 Å². The van der Waals surface area contributed by atoms with Crippen molar-refractivity contribution in [3.63, 3.8) is 0 Å². The zero-order valence-corrected chi connectivity index (χ0v) is 21.8. The Balaban J connectivity index is 1.23. The molecule has 1 aromatic heterocycles. The Labute approximate surface area is 218 Å². The molecule has 2 heterocycles. The number of hydrogen-bond acceptors (Lipinski definition) is 7. The van der Waals surface area contributed by atoms with E-state index >= 15 is 0 Å². The number of methoxy groups -OCH3 is 1. The summed E-state index contributed by atoms with van der Waals surface area (Å²) in [5.41, 5.74) is 2.40. The van der Waals surface area contributed by atoms with Crippen LogP contribution in [-0.2, 0) is 16.0 Å². The molecule has 0 atom stereocenters. The minimum absolute atomic E-state index is 0.200. The Morgan fingerprint density at radius 2 is 1.75 bits per heavy atom. The molecule has 2 aromatic carbocycles. The van der Waals surface area contributed by atoms with Crippen LogP contribution in [-0.4, -0.2) is 84.6 Å². The molecule has 0 spiro atoms. The standard InChI is InChI=1S/C28H35N5O2S/c1-35-22-21-33(28-29-26(30-36-28)23-25-11-6-3-7-12-25)16-14-27(34)32-19-17-31(18-20-32)15-8-13-24-9-4-2-5-10-24/h2-13H,14-23H2,1H3. The first-order valence-corrected chi connectivity index (χ1v) is 13.3. The SMILES string of the molecule is COCCN(CCC(=O)N1CCN(CC=Cc2ccccc2)CC1)c1nc(Cc2ccccc2)ns1. The molecule has 4 rings (SSSR count). The predicted octanol–water partition coefficient (Wildman–Crippen LogP) is 3.83. The first-order valence-electron chi connectivity index (χ1n) is 12.5. The third-order valence-electron chi connectivity index (χ3n) is 6.29. The van der Waals surface area contributed by atoms with E-state index < -0.39 is 0 Å². The molecule has 0 N–H and O–H groups in total. The average Bonchev–Trinajstić information content (AvgIpc) is 3.38. The number of carbonyl (C=O) groups is 1. The minimum atomic E-state index is 0.200. The van der Waals surface area contributed by atoms with Crippen LogP contribution >= 0.6 is 11.5 Å². The Kier molecular flexibility index (Phi) is 10.0. The summed E-state index contributed by atoms with van der Waals surface area (Å²) < 4.78 is 9.85. The fourth-order valence-corrected chi connectivity index (χ4v) is 4.94. The Bertz CT molecular complexity index is 1080. The van der Waals surface area contributed by atoms with Crippen LogP contribution in [0, 0.1) is 0 Å². The van der Waals surface area contributed by atoms with Crippen molar-refractivity contribution in [1.29, 1.82) is 0 Å². The molecule has 3 aromatic rings. The second-order valence-corrected chi connectivity index (χ2v) is 9.61. The normalized spacial score (nSPS) is 14.4. The summed E-state index contributed by atoms with van der Waals surface area (Å²) in [5, 5.41) is 0.848. The third-order valence-corrected chi connectivity index (χ3v) is 7.11. The van der Waals surface area contributed by atoms with Crippen LogP contribution in [0.15, 0.2) is 66.7 Å². The molecule has 7 nitrogen and oxygen atoms in total. The van der Waals surface area contributed by atoms with Gasteiger partial charge in [0.1, 0.15) is 5.82 Å². The van der Waals surface area contributed by atoms with Gasteiger partial charge in [-0.1, -0.05) is 72.8 Å². The second kappa shape index (κ2) is 13.9. The highest BCUT2D eigenvalue weighted by Gasteiger charge is 2.22. The van der Waals surface area contributed by atoms with Crippen molar-refractivity contribution in [2.75, 3.05) is 64.4 Å². The van der Waals surface area contributed by atoms with Gasteiger partial charge in [-0.2, -0.15) is 4.37 Å². The molecule has 1 aliphatic heterocycles. The lowest BCUT2D eigenvalue weighted by Gasteiger charge is -2.34. The van der Waals surface area contributed by atoms with Gasteiger partial charge in [0.15, 0.2) is 0 Å². The van der Waals surface area contributed by atoms with E-state index in [4.69, 9.17) is 9.72 Å². The summed E-state index contributed by atoms with van der Waals surface area (Å²) in [4.78, 5) is 24.2. The number of nitrogens with zero attached hydrogens (tertiary/aromatic N) is 5. The van der Waals surface area contributed by atoms with Crippen LogP contribution in [0.2, 0.25) is 0 Å². The van der Waals surface area contributed by atoms with Gasteiger partial charge in [0.05, 0.1) is 6.61 Å². The maximum atomic E-state index is 13.0. The fourth-order valence-electron chi connectivity index (χ4n) is 4.20. The lowest BCUT2D eigenvalue weighted by Crippen LogP contribution is -2.49. The van der Waals surface area contributed by atoms with Crippen molar-refractivity contribution < 1.29 is 9.53 Å². The Morgan fingerprint density at radius 1 is 1.03 bits per heavy atom. The highest BCUT2D eigenvalue weighted by molar-refractivity contribution is 7.09. The third kappa shape index (κ3) is 7.98. The van der Waals surface area contributed by atoms with Gasteiger partial charge >= 0.3 is 0 Å². The number of aromatic nitrogens is 2. The van der Waals surface area contributed by atoms with Crippen LogP contribution in [0.3, 0.4) is 0 Å². The molecule has 36 heavy (non-hydrogen) atoms. The van der Waals surface area contributed by atoms with Gasteiger partial charge in [0, 0.05) is 77.3 Å². The molecule has 0 radical (unpaired) electrons. The average molecular weight is 506 g/mol. The minimum Gasteiger partial charge on any atom is -0.383 e. The summed E-state index contributed by atoms with van der Waals surface area (Å²) in [5.74, 6) is 1.01. The monoisotopic (exact) mass is 505 g/mol. The number of carbonyl (C=O) groups excluding carboxylic acids is 1. The van der Waals surface area contributed by atoms with E-state index in [9.17, 15) is 4.79 Å². The Hall–Kier alpha value is -3.07. The molecular formula is C28H35N5O2S. The second-order valence-electron chi connectivity index (χ2n) is 8.88. The first-order chi connectivity index (χ1) is 17.7. The van der Waals surface area contributed by atoms with Crippen LogP contribution in [0.4, 0.5) is 5.13 Å².